The lowest BCUT2D eigenvalue weighted by molar-refractivity contribution is -0.137. The lowest BCUT2D eigenvalue weighted by Crippen LogP contribution is -2.33. The van der Waals surface area contributed by atoms with E-state index in [1.165, 1.54) is 0 Å². The van der Waals surface area contributed by atoms with Gasteiger partial charge in [-0.1, -0.05) is 13.0 Å². The molecule has 8 heteroatoms. The molecule has 2 amide bonds. The van der Waals surface area contributed by atoms with E-state index in [0.29, 0.717) is 17.8 Å². The van der Waals surface area contributed by atoms with Crippen LogP contribution in [0.3, 0.4) is 0 Å². The summed E-state index contributed by atoms with van der Waals surface area (Å²) < 4.78 is 4.67. The Balaban J connectivity index is 2.68. The largest absolute Gasteiger partial charge is 0.463 e. The third-order valence-corrected chi connectivity index (χ3v) is 3.28. The van der Waals surface area contributed by atoms with Gasteiger partial charge < -0.3 is 15.4 Å². The van der Waals surface area contributed by atoms with Crippen molar-refractivity contribution in [3.8, 4) is 0 Å². The maximum atomic E-state index is 11.7. The molecule has 0 bridgehead atoms. The minimum absolute atomic E-state index is 0.0700. The molecule has 7 nitrogen and oxygen atoms in total. The molecule has 0 saturated carbocycles. The van der Waals surface area contributed by atoms with Crippen molar-refractivity contribution in [3.05, 3.63) is 35.9 Å². The molecule has 0 saturated heterocycles. The van der Waals surface area contributed by atoms with Crippen molar-refractivity contribution in [1.29, 1.82) is 0 Å². The topological polar surface area (TPSA) is 96.5 Å². The van der Waals surface area contributed by atoms with Crippen LogP contribution in [0.1, 0.15) is 25.8 Å². The predicted octanol–water partition coefficient (Wildman–Crippen LogP) is 2.28. The molecule has 0 unspecified atom stereocenters. The molecule has 134 valence electrons. The molecule has 0 atom stereocenters. The highest BCUT2D eigenvalue weighted by atomic mass is 32.1. The highest BCUT2D eigenvalue weighted by molar-refractivity contribution is 7.80. The van der Waals surface area contributed by atoms with Crippen molar-refractivity contribution in [3.63, 3.8) is 0 Å². The minimum Gasteiger partial charge on any atom is -0.463 e. The van der Waals surface area contributed by atoms with Gasteiger partial charge in [0, 0.05) is 29.9 Å². The van der Waals surface area contributed by atoms with Gasteiger partial charge in [-0.05, 0) is 43.8 Å². The van der Waals surface area contributed by atoms with Crippen molar-refractivity contribution < 1.29 is 19.1 Å². The molecular formula is C17H21N3O4S. The summed E-state index contributed by atoms with van der Waals surface area (Å²) in [7, 11) is 0. The van der Waals surface area contributed by atoms with E-state index in [0.717, 1.165) is 17.7 Å². The maximum Gasteiger partial charge on any atom is 0.330 e. The summed E-state index contributed by atoms with van der Waals surface area (Å²) in [6.45, 7) is 5.49. The number of hydrogen-bond acceptors (Lipinski definition) is 5. The second kappa shape index (κ2) is 10.2. The monoisotopic (exact) mass is 363 g/mol. The van der Waals surface area contributed by atoms with Crippen LogP contribution in [-0.4, -0.2) is 29.5 Å². The molecule has 1 aromatic carbocycles. The van der Waals surface area contributed by atoms with Crippen LogP contribution in [0.5, 0.6) is 0 Å². The van der Waals surface area contributed by atoms with Crippen LogP contribution >= 0.6 is 12.2 Å². The lowest BCUT2D eigenvalue weighted by Gasteiger charge is -2.14. The summed E-state index contributed by atoms with van der Waals surface area (Å²) in [4.78, 5) is 34.4. The minimum atomic E-state index is -0.605. The predicted molar refractivity (Wildman–Crippen MR) is 100 cm³/mol. The standard InChI is InChI=1S/C17H21N3O4S/c1-4-14(21)18-12-7-6-8-13(11(12)3)19-17(25)20-15(22)9-10-16(23)24-5-2/h6-10H,4-5H2,1-3H3,(H,18,21)(H2,19,20,22,25)/b10-9+. The van der Waals surface area contributed by atoms with Crippen molar-refractivity contribution in [2.75, 3.05) is 17.2 Å². The van der Waals surface area contributed by atoms with Gasteiger partial charge in [-0.15, -0.1) is 0 Å². The number of hydrogen-bond donors (Lipinski definition) is 3. The molecule has 0 aliphatic carbocycles. The van der Waals surface area contributed by atoms with Crippen LogP contribution < -0.4 is 16.0 Å². The van der Waals surface area contributed by atoms with Gasteiger partial charge >= 0.3 is 5.97 Å². The van der Waals surface area contributed by atoms with E-state index >= 15 is 0 Å². The molecule has 0 spiro atoms. The van der Waals surface area contributed by atoms with E-state index in [4.69, 9.17) is 12.2 Å². The number of nitrogens with one attached hydrogen (secondary N) is 3. The third kappa shape index (κ3) is 7.13. The molecule has 0 aromatic heterocycles. The van der Waals surface area contributed by atoms with Crippen molar-refractivity contribution in [2.24, 2.45) is 0 Å². The summed E-state index contributed by atoms with van der Waals surface area (Å²) in [5.41, 5.74) is 2.09. The average molecular weight is 363 g/mol. The number of benzene rings is 1. The Kier molecular flexibility index (Phi) is 8.28. The zero-order valence-corrected chi connectivity index (χ0v) is 15.2. The number of ether oxygens (including phenoxy) is 1. The molecule has 25 heavy (non-hydrogen) atoms. The molecule has 0 heterocycles. The first-order valence-corrected chi connectivity index (χ1v) is 8.14. The quantitative estimate of drug-likeness (QED) is 0.408. The second-order valence-corrected chi connectivity index (χ2v) is 5.32. The van der Waals surface area contributed by atoms with Crippen molar-refractivity contribution in [2.45, 2.75) is 27.2 Å². The number of carbonyl (C=O) groups is 3. The van der Waals surface area contributed by atoms with Crippen LogP contribution in [-0.2, 0) is 19.1 Å². The Morgan fingerprint density at radius 1 is 1.12 bits per heavy atom. The van der Waals surface area contributed by atoms with Crippen LogP contribution in [0.25, 0.3) is 0 Å². The van der Waals surface area contributed by atoms with E-state index in [2.05, 4.69) is 20.7 Å². The van der Waals surface area contributed by atoms with Crippen LogP contribution in [0, 0.1) is 6.92 Å². The number of carbonyl (C=O) groups excluding carboxylic acids is 3. The first kappa shape index (κ1) is 20.3. The van der Waals surface area contributed by atoms with Gasteiger partial charge in [-0.3, -0.25) is 14.9 Å². The molecule has 0 radical (unpaired) electrons. The summed E-state index contributed by atoms with van der Waals surface area (Å²) in [6, 6.07) is 5.30. The molecule has 3 N–H and O–H groups in total. The van der Waals surface area contributed by atoms with E-state index in [-0.39, 0.29) is 17.6 Å². The van der Waals surface area contributed by atoms with Gasteiger partial charge in [0.1, 0.15) is 0 Å². The summed E-state index contributed by atoms with van der Waals surface area (Å²) in [5.74, 6) is -1.26. The molecular weight excluding hydrogens is 342 g/mol. The normalized spacial score (nSPS) is 10.2. The van der Waals surface area contributed by atoms with Gasteiger partial charge in [0.15, 0.2) is 5.11 Å². The van der Waals surface area contributed by atoms with E-state index < -0.39 is 11.9 Å². The Labute approximate surface area is 151 Å². The van der Waals surface area contributed by atoms with Crippen molar-refractivity contribution >= 4 is 46.5 Å². The third-order valence-electron chi connectivity index (χ3n) is 3.07. The molecule has 1 aromatic rings. The second-order valence-electron chi connectivity index (χ2n) is 4.91. The SMILES string of the molecule is CCOC(=O)/C=C/C(=O)NC(=S)Nc1cccc(NC(=O)CC)c1C. The van der Waals surface area contributed by atoms with Gasteiger partial charge in [0.05, 0.1) is 6.61 Å². The number of rotatable bonds is 6. The first-order chi connectivity index (χ1) is 11.9. The smallest absolute Gasteiger partial charge is 0.330 e. The number of amides is 2. The number of thiocarbonyl (C=S) groups is 1. The molecule has 1 rings (SSSR count). The zero-order chi connectivity index (χ0) is 18.8. The van der Waals surface area contributed by atoms with Gasteiger partial charge in [0.2, 0.25) is 11.8 Å². The highest BCUT2D eigenvalue weighted by Crippen LogP contribution is 2.23. The van der Waals surface area contributed by atoms with Crippen LogP contribution in [0.4, 0.5) is 11.4 Å². The maximum absolute atomic E-state index is 11.7. The Morgan fingerprint density at radius 3 is 2.36 bits per heavy atom. The van der Waals surface area contributed by atoms with Gasteiger partial charge in [-0.2, -0.15) is 0 Å². The summed E-state index contributed by atoms with van der Waals surface area (Å²) in [6.07, 6.45) is 2.43. The van der Waals surface area contributed by atoms with Gasteiger partial charge in [-0.25, -0.2) is 4.79 Å². The average Bonchev–Trinajstić information content (AvgIpc) is 2.56. The van der Waals surface area contributed by atoms with Crippen molar-refractivity contribution in [1.82, 2.24) is 5.32 Å². The molecule has 0 aliphatic rings. The first-order valence-electron chi connectivity index (χ1n) is 7.73. The molecule has 0 fully saturated rings. The van der Waals surface area contributed by atoms with E-state index in [1.807, 2.05) is 6.92 Å². The van der Waals surface area contributed by atoms with E-state index in [1.54, 1.807) is 32.0 Å². The fourth-order valence-electron chi connectivity index (χ4n) is 1.79. The zero-order valence-electron chi connectivity index (χ0n) is 14.3. The Morgan fingerprint density at radius 2 is 1.76 bits per heavy atom. The summed E-state index contributed by atoms with van der Waals surface area (Å²) >= 11 is 5.08. The van der Waals surface area contributed by atoms with Crippen LogP contribution in [0.15, 0.2) is 30.4 Å². The number of esters is 1. The Hall–Kier alpha value is -2.74. The fraction of sp³-hybridized carbons (Fsp3) is 0.294. The summed E-state index contributed by atoms with van der Waals surface area (Å²) in [5, 5.41) is 8.16. The molecule has 0 aliphatic heterocycles. The van der Waals surface area contributed by atoms with E-state index in [9.17, 15) is 14.4 Å². The number of anilines is 2. The fourth-order valence-corrected chi connectivity index (χ4v) is 2.00. The lowest BCUT2D eigenvalue weighted by atomic mass is 10.1. The highest BCUT2D eigenvalue weighted by Gasteiger charge is 2.09. The Bertz CT molecular complexity index is 701. The van der Waals surface area contributed by atoms with Gasteiger partial charge in [0.25, 0.3) is 0 Å². The van der Waals surface area contributed by atoms with Crippen LogP contribution in [0.2, 0.25) is 0 Å².